The highest BCUT2D eigenvalue weighted by Gasteiger charge is 2.15. The zero-order chi connectivity index (χ0) is 19.8. The summed E-state index contributed by atoms with van der Waals surface area (Å²) in [5.41, 5.74) is -0.522. The average molecular weight is 377 g/mol. The molecule has 0 amide bonds. The van der Waals surface area contributed by atoms with E-state index in [4.69, 9.17) is 19.8 Å². The van der Waals surface area contributed by atoms with Crippen LogP contribution in [0.5, 0.6) is 0 Å². The molecule has 8 nitrogen and oxygen atoms in total. The van der Waals surface area contributed by atoms with Crippen LogP contribution >= 0.6 is 0 Å². The number of nitriles is 1. The van der Waals surface area contributed by atoms with Crippen LogP contribution < -0.4 is 10.7 Å². The van der Waals surface area contributed by atoms with Crippen molar-refractivity contribution in [1.82, 2.24) is 4.57 Å². The number of nitrogens with one attached hydrogen (secondary N) is 1. The normalized spacial score (nSPS) is 10.7. The maximum Gasteiger partial charge on any atom is 0.341 e. The minimum absolute atomic E-state index is 0.00576. The van der Waals surface area contributed by atoms with E-state index in [0.717, 1.165) is 6.07 Å². The number of carboxylic acids is 1. The quantitative estimate of drug-likeness (QED) is 0.606. The molecule has 0 radical (unpaired) electrons. The van der Waals surface area contributed by atoms with E-state index in [0.29, 0.717) is 44.9 Å². The first-order chi connectivity index (χ1) is 13.0. The second-order valence-corrected chi connectivity index (χ2v) is 5.70. The zero-order valence-corrected chi connectivity index (χ0v) is 14.8. The maximum absolute atomic E-state index is 14.3. The van der Waals surface area contributed by atoms with Crippen molar-refractivity contribution in [3.05, 3.63) is 39.9 Å². The van der Waals surface area contributed by atoms with Gasteiger partial charge in [0.15, 0.2) is 0 Å². The van der Waals surface area contributed by atoms with E-state index in [9.17, 15) is 14.0 Å². The van der Waals surface area contributed by atoms with E-state index >= 15 is 0 Å². The van der Waals surface area contributed by atoms with Gasteiger partial charge in [0.2, 0.25) is 5.43 Å². The molecule has 0 atom stereocenters. The number of pyridine rings is 1. The van der Waals surface area contributed by atoms with Gasteiger partial charge < -0.3 is 24.5 Å². The fourth-order valence-electron chi connectivity index (χ4n) is 2.49. The molecule has 1 aromatic carbocycles. The van der Waals surface area contributed by atoms with E-state index in [1.807, 2.05) is 6.07 Å². The van der Waals surface area contributed by atoms with E-state index < -0.39 is 22.8 Å². The molecule has 0 aliphatic rings. The minimum Gasteiger partial charge on any atom is -0.477 e. The second-order valence-electron chi connectivity index (χ2n) is 5.70. The highest BCUT2D eigenvalue weighted by atomic mass is 19.1. The van der Waals surface area contributed by atoms with Crippen molar-refractivity contribution in [2.24, 2.45) is 7.05 Å². The largest absolute Gasteiger partial charge is 0.477 e. The summed E-state index contributed by atoms with van der Waals surface area (Å²) in [5, 5.41) is 20.3. The molecule has 0 fully saturated rings. The molecule has 0 aliphatic carbocycles. The van der Waals surface area contributed by atoms with E-state index in [1.165, 1.54) is 16.8 Å². The number of nitrogens with zero attached hydrogens (tertiary/aromatic N) is 2. The number of aromatic nitrogens is 1. The lowest BCUT2D eigenvalue weighted by atomic mass is 10.1. The topological polar surface area (TPSA) is 114 Å². The number of hydrogen-bond acceptors (Lipinski definition) is 6. The van der Waals surface area contributed by atoms with Crippen LogP contribution in [-0.4, -0.2) is 48.6 Å². The molecule has 1 aromatic heterocycles. The summed E-state index contributed by atoms with van der Waals surface area (Å²) in [6.45, 7) is 1.75. The van der Waals surface area contributed by atoms with E-state index in [2.05, 4.69) is 5.32 Å². The summed E-state index contributed by atoms with van der Waals surface area (Å²) in [5.74, 6) is -2.00. The van der Waals surface area contributed by atoms with Crippen LogP contribution in [0.15, 0.2) is 23.1 Å². The number of rotatable bonds is 10. The molecule has 2 rings (SSSR count). The van der Waals surface area contributed by atoms with Crippen molar-refractivity contribution in [3.63, 3.8) is 0 Å². The number of ether oxygens (including phenoxy) is 2. The molecule has 1 heterocycles. The van der Waals surface area contributed by atoms with Crippen LogP contribution in [0.25, 0.3) is 10.9 Å². The molecule has 2 aromatic rings. The Hall–Kier alpha value is -2.96. The van der Waals surface area contributed by atoms with Crippen LogP contribution in [0.2, 0.25) is 0 Å². The van der Waals surface area contributed by atoms with Gasteiger partial charge in [-0.2, -0.15) is 5.26 Å². The first-order valence-electron chi connectivity index (χ1n) is 8.28. The smallest absolute Gasteiger partial charge is 0.341 e. The Balaban J connectivity index is 1.98. The van der Waals surface area contributed by atoms with Crippen molar-refractivity contribution in [2.75, 3.05) is 38.3 Å². The maximum atomic E-state index is 14.3. The number of aryl methyl sites for hydroxylation is 1. The van der Waals surface area contributed by atoms with E-state index in [-0.39, 0.29) is 11.1 Å². The van der Waals surface area contributed by atoms with Gasteiger partial charge in [-0.05, 0) is 12.1 Å². The average Bonchev–Trinajstić information content (AvgIpc) is 2.63. The van der Waals surface area contributed by atoms with Gasteiger partial charge in [-0.3, -0.25) is 4.79 Å². The molecular formula is C18H20FN3O5. The van der Waals surface area contributed by atoms with Crippen molar-refractivity contribution >= 4 is 22.6 Å². The highest BCUT2D eigenvalue weighted by molar-refractivity contribution is 5.93. The molecule has 0 unspecified atom stereocenters. The van der Waals surface area contributed by atoms with Gasteiger partial charge in [-0.15, -0.1) is 0 Å². The molecule has 0 saturated carbocycles. The number of hydrogen-bond donors (Lipinski definition) is 2. The molecule has 2 N–H and O–H groups in total. The van der Waals surface area contributed by atoms with Gasteiger partial charge in [0.1, 0.15) is 11.4 Å². The summed E-state index contributed by atoms with van der Waals surface area (Å²) < 4.78 is 26.2. The number of carboxylic acid groups (broad SMARTS) is 1. The lowest BCUT2D eigenvalue weighted by Gasteiger charge is -2.12. The second kappa shape index (κ2) is 9.66. The van der Waals surface area contributed by atoms with Gasteiger partial charge in [-0.25, -0.2) is 9.18 Å². The summed E-state index contributed by atoms with van der Waals surface area (Å²) >= 11 is 0. The third-order valence-electron chi connectivity index (χ3n) is 3.80. The summed E-state index contributed by atoms with van der Waals surface area (Å²) in [6.07, 6.45) is 1.55. The summed E-state index contributed by atoms with van der Waals surface area (Å²) in [6, 6.07) is 4.47. The number of halogens is 1. The van der Waals surface area contributed by atoms with Gasteiger partial charge in [-0.1, -0.05) is 0 Å². The van der Waals surface area contributed by atoms with E-state index in [1.54, 1.807) is 7.05 Å². The Labute approximate surface area is 154 Å². The third-order valence-corrected chi connectivity index (χ3v) is 3.80. The number of anilines is 1. The van der Waals surface area contributed by atoms with Crippen LogP contribution in [0.3, 0.4) is 0 Å². The Morgan fingerprint density at radius 3 is 2.67 bits per heavy atom. The predicted molar refractivity (Wildman–Crippen MR) is 96.5 cm³/mol. The van der Waals surface area contributed by atoms with Crippen molar-refractivity contribution in [3.8, 4) is 6.07 Å². The standard InChI is InChI=1S/C18H20FN3O5/c1-22-11-13(18(24)25)17(23)12-9-14(19)15(10-16(12)22)21-4-6-27-8-7-26-5-2-3-20/h9-11,21H,2,4-8H2,1H3,(H,24,25). The fourth-order valence-corrected chi connectivity index (χ4v) is 2.49. The Morgan fingerprint density at radius 2 is 2.00 bits per heavy atom. The first-order valence-corrected chi connectivity index (χ1v) is 8.28. The number of aromatic carboxylic acids is 1. The molecule has 27 heavy (non-hydrogen) atoms. The Morgan fingerprint density at radius 1 is 1.30 bits per heavy atom. The molecule has 0 aliphatic heterocycles. The van der Waals surface area contributed by atoms with Crippen molar-refractivity contribution < 1.29 is 23.8 Å². The summed E-state index contributed by atoms with van der Waals surface area (Å²) in [7, 11) is 1.59. The molecule has 9 heteroatoms. The van der Waals surface area contributed by atoms with Crippen LogP contribution in [0, 0.1) is 17.1 Å². The SMILES string of the molecule is Cn1cc(C(=O)O)c(=O)c2cc(F)c(NCCOCCOCCC#N)cc21. The molecular weight excluding hydrogens is 357 g/mol. The predicted octanol–water partition coefficient (Wildman–Crippen LogP) is 1.73. The molecule has 0 saturated heterocycles. The summed E-state index contributed by atoms with van der Waals surface area (Å²) in [4.78, 5) is 23.3. The molecule has 0 bridgehead atoms. The molecule has 144 valence electrons. The lowest BCUT2D eigenvalue weighted by molar-refractivity contribution is 0.0538. The number of fused-ring (bicyclic) bond motifs is 1. The van der Waals surface area contributed by atoms with Crippen LogP contribution in [0.1, 0.15) is 16.8 Å². The lowest BCUT2D eigenvalue weighted by Crippen LogP contribution is -2.18. The van der Waals surface area contributed by atoms with Crippen LogP contribution in [-0.2, 0) is 16.5 Å². The van der Waals surface area contributed by atoms with Gasteiger partial charge in [0, 0.05) is 25.2 Å². The zero-order valence-electron chi connectivity index (χ0n) is 14.8. The third kappa shape index (κ3) is 5.26. The Bertz CT molecular complexity index is 920. The van der Waals surface area contributed by atoms with Crippen LogP contribution in [0.4, 0.5) is 10.1 Å². The van der Waals surface area contributed by atoms with Gasteiger partial charge in [0.05, 0.1) is 50.1 Å². The van der Waals surface area contributed by atoms with Crippen molar-refractivity contribution in [2.45, 2.75) is 6.42 Å². The molecule has 0 spiro atoms. The Kier molecular flexibility index (Phi) is 7.28. The van der Waals surface area contributed by atoms with Gasteiger partial charge in [0.25, 0.3) is 0 Å². The number of carbonyl (C=O) groups is 1. The fraction of sp³-hybridized carbons (Fsp3) is 0.389. The monoisotopic (exact) mass is 377 g/mol. The minimum atomic E-state index is -1.35. The van der Waals surface area contributed by atoms with Gasteiger partial charge >= 0.3 is 5.97 Å². The highest BCUT2D eigenvalue weighted by Crippen LogP contribution is 2.21. The first kappa shape index (κ1) is 20.4. The van der Waals surface area contributed by atoms with Crippen molar-refractivity contribution in [1.29, 1.82) is 5.26 Å². The number of benzene rings is 1.